The van der Waals surface area contributed by atoms with E-state index < -0.39 is 0 Å². The van der Waals surface area contributed by atoms with Gasteiger partial charge in [-0.3, -0.25) is 23.2 Å². The molecule has 202 valence electrons. The fourth-order valence-corrected chi connectivity index (χ4v) is 5.77. The van der Waals surface area contributed by atoms with Crippen molar-refractivity contribution in [2.24, 2.45) is 14.1 Å². The monoisotopic (exact) mass is 545 g/mol. The van der Waals surface area contributed by atoms with Crippen molar-refractivity contribution in [3.05, 3.63) is 86.7 Å². The summed E-state index contributed by atoms with van der Waals surface area (Å²) >= 11 is 6.18. The highest BCUT2D eigenvalue weighted by molar-refractivity contribution is 6.30. The first-order valence-corrected chi connectivity index (χ1v) is 13.8. The highest BCUT2D eigenvalue weighted by Crippen LogP contribution is 2.26. The lowest BCUT2D eigenvalue weighted by atomic mass is 10.1. The second-order valence-corrected chi connectivity index (χ2v) is 10.6. The van der Waals surface area contributed by atoms with E-state index in [-0.39, 0.29) is 11.2 Å². The first-order chi connectivity index (χ1) is 18.9. The Bertz CT molecular complexity index is 1760. The molecule has 0 saturated carbocycles. The van der Waals surface area contributed by atoms with Crippen molar-refractivity contribution in [1.29, 1.82) is 0 Å². The molecular weight excluding hydrogens is 514 g/mol. The number of benzene rings is 2. The molecule has 0 radical (unpaired) electrons. The Kier molecular flexibility index (Phi) is 6.78. The zero-order valence-electron chi connectivity index (χ0n) is 22.3. The number of aryl methyl sites for hydroxylation is 2. The van der Waals surface area contributed by atoms with E-state index in [1.807, 2.05) is 47.0 Å². The largest absolute Gasteiger partial charge is 0.369 e. The summed E-state index contributed by atoms with van der Waals surface area (Å²) in [4.78, 5) is 35.3. The molecule has 10 heteroatoms. The summed E-state index contributed by atoms with van der Waals surface area (Å²) in [6, 6.07) is 18.2. The fourth-order valence-electron chi connectivity index (χ4n) is 5.58. The van der Waals surface area contributed by atoms with Gasteiger partial charge in [0.15, 0.2) is 11.2 Å². The van der Waals surface area contributed by atoms with Crippen LogP contribution in [0.5, 0.6) is 0 Å². The third-order valence-electron chi connectivity index (χ3n) is 7.78. The van der Waals surface area contributed by atoms with E-state index in [2.05, 4.69) is 32.6 Å². The van der Waals surface area contributed by atoms with Crippen molar-refractivity contribution in [2.45, 2.75) is 19.4 Å². The van der Waals surface area contributed by atoms with Gasteiger partial charge in [0, 0.05) is 63.7 Å². The molecule has 0 bridgehead atoms. The van der Waals surface area contributed by atoms with Gasteiger partial charge in [-0.15, -0.1) is 0 Å². The van der Waals surface area contributed by atoms with E-state index in [0.717, 1.165) is 73.0 Å². The fraction of sp³-hybridized carbons (Fsp3) is 0.345. The molecule has 39 heavy (non-hydrogen) atoms. The van der Waals surface area contributed by atoms with E-state index in [0.29, 0.717) is 16.9 Å². The molecule has 1 saturated heterocycles. The maximum Gasteiger partial charge on any atom is 0.332 e. The molecule has 4 heterocycles. The topological polar surface area (TPSA) is 72.7 Å². The third kappa shape index (κ3) is 4.66. The molecular formula is C29H32ClN7O2. The number of halogens is 1. The van der Waals surface area contributed by atoms with Gasteiger partial charge in [0.1, 0.15) is 0 Å². The van der Waals surface area contributed by atoms with E-state index in [1.54, 1.807) is 7.05 Å². The highest BCUT2D eigenvalue weighted by Gasteiger charge is 2.21. The van der Waals surface area contributed by atoms with Crippen molar-refractivity contribution in [3.63, 3.8) is 0 Å². The van der Waals surface area contributed by atoms with Gasteiger partial charge < -0.3 is 9.47 Å². The van der Waals surface area contributed by atoms with Gasteiger partial charge >= 0.3 is 5.69 Å². The first-order valence-electron chi connectivity index (χ1n) is 13.4. The van der Waals surface area contributed by atoms with Crippen LogP contribution in [0.1, 0.15) is 12.8 Å². The average molecular weight is 546 g/mol. The minimum Gasteiger partial charge on any atom is -0.369 e. The summed E-state index contributed by atoms with van der Waals surface area (Å²) in [5.74, 6) is 0.678. The second-order valence-electron chi connectivity index (χ2n) is 10.2. The summed E-state index contributed by atoms with van der Waals surface area (Å²) in [6.45, 7) is 5.83. The molecule has 6 rings (SSSR count). The molecule has 1 aliphatic heterocycles. The molecule has 3 aromatic heterocycles. The normalized spacial score (nSPS) is 14.6. The van der Waals surface area contributed by atoms with Gasteiger partial charge in [0.05, 0.1) is 5.69 Å². The number of piperazine rings is 1. The lowest BCUT2D eigenvalue weighted by Gasteiger charge is -2.36. The Morgan fingerprint density at radius 2 is 1.62 bits per heavy atom. The zero-order valence-corrected chi connectivity index (χ0v) is 23.0. The number of hydrogen-bond donors (Lipinski definition) is 0. The summed E-state index contributed by atoms with van der Waals surface area (Å²) in [7, 11) is 3.17. The number of imidazole rings is 2. The highest BCUT2D eigenvalue weighted by atomic mass is 35.5. The van der Waals surface area contributed by atoms with Crippen LogP contribution in [0.15, 0.2) is 70.4 Å². The van der Waals surface area contributed by atoms with Crippen LogP contribution in [0.2, 0.25) is 5.02 Å². The number of aromatic nitrogens is 5. The molecule has 0 aliphatic carbocycles. The van der Waals surface area contributed by atoms with Crippen molar-refractivity contribution >= 4 is 34.2 Å². The number of unbranched alkanes of at least 4 members (excludes halogenated alkanes) is 1. The number of fused-ring (bicyclic) bond motifs is 3. The minimum atomic E-state index is -0.376. The third-order valence-corrected chi connectivity index (χ3v) is 8.01. The van der Waals surface area contributed by atoms with Gasteiger partial charge in [-0.1, -0.05) is 48.0 Å². The molecule has 9 nitrogen and oxygen atoms in total. The van der Waals surface area contributed by atoms with E-state index in [1.165, 1.54) is 17.3 Å². The molecule has 0 spiro atoms. The van der Waals surface area contributed by atoms with Crippen LogP contribution in [0, 0.1) is 0 Å². The summed E-state index contributed by atoms with van der Waals surface area (Å²) < 4.78 is 6.60. The summed E-state index contributed by atoms with van der Waals surface area (Å²) in [5.41, 5.74) is 3.37. The lowest BCUT2D eigenvalue weighted by Crippen LogP contribution is -2.46. The average Bonchev–Trinajstić information content (AvgIpc) is 3.50. The lowest BCUT2D eigenvalue weighted by molar-refractivity contribution is 0.251. The Labute approximate surface area is 231 Å². The van der Waals surface area contributed by atoms with Crippen LogP contribution in [-0.2, 0) is 20.6 Å². The van der Waals surface area contributed by atoms with Gasteiger partial charge in [0.25, 0.3) is 5.56 Å². The molecule has 5 aromatic rings. The molecule has 0 atom stereocenters. The summed E-state index contributed by atoms with van der Waals surface area (Å²) in [6.07, 6.45) is 4.00. The predicted octanol–water partition coefficient (Wildman–Crippen LogP) is 3.61. The Balaban J connectivity index is 1.20. The molecule has 0 N–H and O–H groups in total. The van der Waals surface area contributed by atoms with Gasteiger partial charge in [-0.25, -0.2) is 4.79 Å². The van der Waals surface area contributed by atoms with Crippen LogP contribution in [0.3, 0.4) is 0 Å². The molecule has 1 fully saturated rings. The first kappa shape index (κ1) is 25.5. The van der Waals surface area contributed by atoms with Crippen molar-refractivity contribution in [2.75, 3.05) is 37.6 Å². The van der Waals surface area contributed by atoms with Crippen LogP contribution in [0.4, 0.5) is 5.69 Å². The van der Waals surface area contributed by atoms with Gasteiger partial charge in [-0.05, 0) is 43.1 Å². The van der Waals surface area contributed by atoms with Gasteiger partial charge in [0.2, 0.25) is 5.78 Å². The Morgan fingerprint density at radius 3 is 2.36 bits per heavy atom. The molecule has 1 aliphatic rings. The van der Waals surface area contributed by atoms with E-state index in [4.69, 9.17) is 16.6 Å². The maximum atomic E-state index is 13.1. The van der Waals surface area contributed by atoms with Crippen LogP contribution in [-0.4, -0.2) is 60.7 Å². The standard InChI is InChI=1S/C29H32ClN7O2/c1-32-26-25(27(38)33(2)29(32)39)37-20-24(21-9-4-3-5-10-21)36(28(37)31-26)14-7-6-13-34-15-17-35(18-16-34)23-12-8-11-22(30)19-23/h3-5,8-12,19-20H,6-7,13-18H2,1-2H3. The minimum absolute atomic E-state index is 0.339. The predicted molar refractivity (Wildman–Crippen MR) is 156 cm³/mol. The van der Waals surface area contributed by atoms with Crippen LogP contribution in [0.25, 0.3) is 28.2 Å². The SMILES string of the molecule is Cn1c(=O)c2c(nc3n(CCCCN4CCN(c5cccc(Cl)c5)CC4)c(-c4ccccc4)cn23)n(C)c1=O. The molecule has 2 aromatic carbocycles. The van der Waals surface area contributed by atoms with E-state index in [9.17, 15) is 9.59 Å². The van der Waals surface area contributed by atoms with Crippen LogP contribution < -0.4 is 16.1 Å². The Morgan fingerprint density at radius 1 is 0.872 bits per heavy atom. The maximum absolute atomic E-state index is 13.1. The Hall–Kier alpha value is -3.82. The summed E-state index contributed by atoms with van der Waals surface area (Å²) in [5, 5.41) is 0.775. The number of hydrogen-bond acceptors (Lipinski definition) is 5. The second kappa shape index (κ2) is 10.4. The molecule has 0 amide bonds. The van der Waals surface area contributed by atoms with Crippen molar-refractivity contribution in [1.82, 2.24) is 28.0 Å². The quantitative estimate of drug-likeness (QED) is 0.292. The van der Waals surface area contributed by atoms with Crippen LogP contribution >= 0.6 is 11.6 Å². The van der Waals surface area contributed by atoms with E-state index >= 15 is 0 Å². The number of anilines is 1. The zero-order chi connectivity index (χ0) is 27.1. The number of nitrogens with zero attached hydrogens (tertiary/aromatic N) is 7. The number of rotatable bonds is 7. The van der Waals surface area contributed by atoms with Crippen molar-refractivity contribution in [3.8, 4) is 11.3 Å². The van der Waals surface area contributed by atoms with Crippen molar-refractivity contribution < 1.29 is 0 Å². The van der Waals surface area contributed by atoms with Gasteiger partial charge in [-0.2, -0.15) is 4.98 Å². The molecule has 0 unspecified atom stereocenters. The smallest absolute Gasteiger partial charge is 0.332 e.